The maximum absolute atomic E-state index is 12.5. The van der Waals surface area contributed by atoms with Crippen LogP contribution in [0, 0.1) is 0 Å². The molecule has 0 spiro atoms. The van der Waals surface area contributed by atoms with Gasteiger partial charge in [-0.1, -0.05) is 24.3 Å². The number of hydrogen-bond acceptors (Lipinski definition) is 6. The number of aromatic nitrogens is 2. The van der Waals surface area contributed by atoms with E-state index in [-0.39, 0.29) is 0 Å². The molecular formula is C19H16N2O2S3. The van der Waals surface area contributed by atoms with E-state index in [4.69, 9.17) is 4.74 Å². The Kier molecular flexibility index (Phi) is 5.10. The van der Waals surface area contributed by atoms with E-state index in [1.165, 1.54) is 0 Å². The predicted molar refractivity (Wildman–Crippen MR) is 109 cm³/mol. The second-order valence-corrected chi connectivity index (χ2v) is 9.08. The van der Waals surface area contributed by atoms with Gasteiger partial charge in [0.1, 0.15) is 15.8 Å². The first-order valence-electron chi connectivity index (χ1n) is 8.00. The van der Waals surface area contributed by atoms with E-state index in [1.54, 1.807) is 29.8 Å². The molecule has 4 nitrogen and oxygen atoms in total. The first-order valence-corrected chi connectivity index (χ1v) is 11.2. The fourth-order valence-electron chi connectivity index (χ4n) is 2.65. The number of ether oxygens (including phenoxy) is 1. The van der Waals surface area contributed by atoms with Gasteiger partial charge in [0.25, 0.3) is 0 Å². The minimum atomic E-state index is -1.04. The summed E-state index contributed by atoms with van der Waals surface area (Å²) in [4.78, 5) is 9.20. The zero-order valence-corrected chi connectivity index (χ0v) is 16.5. The molecule has 1 atom stereocenters. The summed E-state index contributed by atoms with van der Waals surface area (Å²) < 4.78 is 19.1. The van der Waals surface area contributed by atoms with Gasteiger partial charge in [-0.25, -0.2) is 9.97 Å². The van der Waals surface area contributed by atoms with Gasteiger partial charge in [-0.05, 0) is 24.3 Å². The molecule has 0 saturated carbocycles. The zero-order valence-electron chi connectivity index (χ0n) is 14.0. The number of nitrogens with zero attached hydrogens (tertiary/aromatic N) is 2. The molecule has 26 heavy (non-hydrogen) atoms. The SMILES string of the molecule is COc1ccccc1-c1nc(CS(=O)Cc2nc3ccccc3s2)cs1. The van der Waals surface area contributed by atoms with Crippen molar-refractivity contribution >= 4 is 43.7 Å². The molecule has 0 aliphatic rings. The number of benzene rings is 2. The van der Waals surface area contributed by atoms with Gasteiger partial charge in [0.05, 0.1) is 40.1 Å². The molecule has 0 fully saturated rings. The van der Waals surface area contributed by atoms with Gasteiger partial charge in [-0.2, -0.15) is 0 Å². The van der Waals surface area contributed by atoms with Crippen molar-refractivity contribution in [3.63, 3.8) is 0 Å². The average Bonchev–Trinajstić information content (AvgIpc) is 3.27. The third-order valence-corrected chi connectivity index (χ3v) is 7.18. The highest BCUT2D eigenvalue weighted by Gasteiger charge is 2.13. The molecule has 0 aliphatic carbocycles. The first kappa shape index (κ1) is 17.3. The van der Waals surface area contributed by atoms with Crippen LogP contribution in [0.3, 0.4) is 0 Å². The highest BCUT2D eigenvalue weighted by atomic mass is 32.2. The van der Waals surface area contributed by atoms with E-state index in [1.807, 2.05) is 53.9 Å². The van der Waals surface area contributed by atoms with Crippen molar-refractivity contribution < 1.29 is 8.95 Å². The molecule has 2 heterocycles. The van der Waals surface area contributed by atoms with E-state index in [0.717, 1.165) is 37.2 Å². The van der Waals surface area contributed by atoms with Crippen molar-refractivity contribution in [2.75, 3.05) is 7.11 Å². The van der Waals surface area contributed by atoms with Gasteiger partial charge in [-0.15, -0.1) is 22.7 Å². The van der Waals surface area contributed by atoms with Crippen LogP contribution in [-0.4, -0.2) is 21.3 Å². The average molecular weight is 401 g/mol. The van der Waals surface area contributed by atoms with E-state index in [2.05, 4.69) is 9.97 Å². The molecule has 1 unspecified atom stereocenters. The predicted octanol–water partition coefficient (Wildman–Crippen LogP) is 4.88. The number of fused-ring (bicyclic) bond motifs is 1. The Morgan fingerprint density at radius 1 is 1.04 bits per heavy atom. The lowest BCUT2D eigenvalue weighted by Crippen LogP contribution is -1.99. The summed E-state index contributed by atoms with van der Waals surface area (Å²) in [6.45, 7) is 0. The number of rotatable bonds is 6. The summed E-state index contributed by atoms with van der Waals surface area (Å²) >= 11 is 3.15. The second kappa shape index (κ2) is 7.65. The van der Waals surface area contributed by atoms with Crippen molar-refractivity contribution in [2.45, 2.75) is 11.5 Å². The number of para-hydroxylation sites is 2. The molecular weight excluding hydrogens is 384 g/mol. The Morgan fingerprint density at radius 3 is 2.69 bits per heavy atom. The Bertz CT molecular complexity index is 1040. The lowest BCUT2D eigenvalue weighted by molar-refractivity contribution is 0.416. The van der Waals surface area contributed by atoms with Crippen molar-refractivity contribution in [3.8, 4) is 16.3 Å². The molecule has 0 radical (unpaired) electrons. The lowest BCUT2D eigenvalue weighted by atomic mass is 10.2. The van der Waals surface area contributed by atoms with Gasteiger partial charge in [-0.3, -0.25) is 4.21 Å². The fourth-order valence-corrected chi connectivity index (χ4v) is 5.92. The molecule has 7 heteroatoms. The minimum absolute atomic E-state index is 0.432. The third kappa shape index (κ3) is 3.70. The summed E-state index contributed by atoms with van der Waals surface area (Å²) in [6.07, 6.45) is 0. The van der Waals surface area contributed by atoms with Crippen molar-refractivity contribution in [1.29, 1.82) is 0 Å². The molecule has 0 saturated heterocycles. The molecule has 4 aromatic rings. The van der Waals surface area contributed by atoms with Crippen LogP contribution in [0.2, 0.25) is 0 Å². The summed E-state index contributed by atoms with van der Waals surface area (Å²) in [5.41, 5.74) is 2.77. The minimum Gasteiger partial charge on any atom is -0.496 e. The van der Waals surface area contributed by atoms with Crippen LogP contribution in [-0.2, 0) is 22.3 Å². The fraction of sp³-hybridized carbons (Fsp3) is 0.158. The van der Waals surface area contributed by atoms with Crippen LogP contribution in [0.1, 0.15) is 10.7 Å². The van der Waals surface area contributed by atoms with Gasteiger partial charge < -0.3 is 4.74 Å². The van der Waals surface area contributed by atoms with E-state index >= 15 is 0 Å². The van der Waals surface area contributed by atoms with Crippen LogP contribution in [0.25, 0.3) is 20.8 Å². The second-order valence-electron chi connectivity index (χ2n) is 5.65. The smallest absolute Gasteiger partial charge is 0.129 e. The Balaban J connectivity index is 1.47. The number of hydrogen-bond donors (Lipinski definition) is 0. The van der Waals surface area contributed by atoms with Gasteiger partial charge in [0.15, 0.2) is 0 Å². The highest BCUT2D eigenvalue weighted by molar-refractivity contribution is 7.83. The molecule has 0 amide bonds. The number of thiazole rings is 2. The van der Waals surface area contributed by atoms with E-state index in [0.29, 0.717) is 11.5 Å². The quantitative estimate of drug-likeness (QED) is 0.463. The maximum atomic E-state index is 12.5. The molecule has 0 aliphatic heterocycles. The van der Waals surface area contributed by atoms with Crippen molar-refractivity contribution in [2.24, 2.45) is 0 Å². The Morgan fingerprint density at radius 2 is 1.85 bits per heavy atom. The van der Waals surface area contributed by atoms with E-state index < -0.39 is 10.8 Å². The van der Waals surface area contributed by atoms with Crippen LogP contribution in [0.5, 0.6) is 5.75 Å². The summed E-state index contributed by atoms with van der Waals surface area (Å²) in [6, 6.07) is 15.8. The third-order valence-electron chi connectivity index (χ3n) is 3.82. The van der Waals surface area contributed by atoms with Crippen molar-refractivity contribution in [1.82, 2.24) is 9.97 Å². The summed E-state index contributed by atoms with van der Waals surface area (Å²) in [5, 5.41) is 3.76. The molecule has 4 rings (SSSR count). The number of methoxy groups -OCH3 is 1. The summed E-state index contributed by atoms with van der Waals surface area (Å²) in [7, 11) is 0.615. The normalized spacial score (nSPS) is 12.3. The van der Waals surface area contributed by atoms with Crippen LogP contribution in [0.4, 0.5) is 0 Å². The van der Waals surface area contributed by atoms with E-state index in [9.17, 15) is 4.21 Å². The summed E-state index contributed by atoms with van der Waals surface area (Å²) in [5.74, 6) is 1.69. The van der Waals surface area contributed by atoms with Gasteiger partial charge >= 0.3 is 0 Å². The Hall–Kier alpha value is -2.09. The highest BCUT2D eigenvalue weighted by Crippen LogP contribution is 2.32. The molecule has 0 bridgehead atoms. The molecule has 2 aromatic heterocycles. The molecule has 132 valence electrons. The standard InChI is InChI=1S/C19H16N2O2S3/c1-23-16-8-4-2-6-14(16)19-20-13(10-24-19)11-26(22)12-18-21-15-7-3-5-9-17(15)25-18/h2-10H,11-12H2,1H3. The molecule has 2 aromatic carbocycles. The maximum Gasteiger partial charge on any atom is 0.129 e. The van der Waals surface area contributed by atoms with Gasteiger partial charge in [0.2, 0.25) is 0 Å². The van der Waals surface area contributed by atoms with Crippen LogP contribution < -0.4 is 4.74 Å². The van der Waals surface area contributed by atoms with Crippen LogP contribution in [0.15, 0.2) is 53.9 Å². The van der Waals surface area contributed by atoms with Crippen molar-refractivity contribution in [3.05, 3.63) is 64.6 Å². The zero-order chi connectivity index (χ0) is 17.9. The first-order chi connectivity index (χ1) is 12.7. The lowest BCUT2D eigenvalue weighted by Gasteiger charge is -2.04. The largest absolute Gasteiger partial charge is 0.496 e. The Labute approximate surface area is 162 Å². The van der Waals surface area contributed by atoms with Crippen LogP contribution >= 0.6 is 22.7 Å². The monoisotopic (exact) mass is 400 g/mol. The van der Waals surface area contributed by atoms with Gasteiger partial charge in [0, 0.05) is 16.2 Å². The topological polar surface area (TPSA) is 52.1 Å². The molecule has 0 N–H and O–H groups in total.